The Bertz CT molecular complexity index is 1000. The lowest BCUT2D eigenvalue weighted by Gasteiger charge is -2.30. The number of anilines is 1. The summed E-state index contributed by atoms with van der Waals surface area (Å²) >= 11 is 14.3. The largest absolute Gasteiger partial charge is 0.399 e. The van der Waals surface area contributed by atoms with Crippen LogP contribution in [0.2, 0.25) is 10.0 Å². The standard InChI is InChI=1S/C21H21Cl2N3O2S/c1-14-8-16(24)3-5-20(14)29-11-17-10-27-21(28-17,12-26-7-6-25-13-26)18-4-2-15(22)9-19(18)23/h2-9,13,17H,10-12,24H2,1H3. The molecule has 1 saturated heterocycles. The number of halogens is 2. The number of ether oxygens (including phenoxy) is 2. The van der Waals surface area contributed by atoms with E-state index in [4.69, 9.17) is 38.4 Å². The molecule has 2 atom stereocenters. The molecule has 1 fully saturated rings. The summed E-state index contributed by atoms with van der Waals surface area (Å²) in [6.07, 6.45) is 5.24. The highest BCUT2D eigenvalue weighted by molar-refractivity contribution is 7.99. The first-order chi connectivity index (χ1) is 13.9. The van der Waals surface area contributed by atoms with E-state index in [0.717, 1.165) is 22.6 Å². The first kappa shape index (κ1) is 20.6. The maximum absolute atomic E-state index is 6.51. The van der Waals surface area contributed by atoms with Crippen LogP contribution in [0.5, 0.6) is 0 Å². The first-order valence-corrected chi connectivity index (χ1v) is 10.9. The second kappa shape index (κ2) is 8.58. The molecule has 0 amide bonds. The topological polar surface area (TPSA) is 62.3 Å². The SMILES string of the molecule is Cc1cc(N)ccc1SCC1COC(Cn2ccnc2)(c2ccc(Cl)cc2Cl)O1. The van der Waals surface area contributed by atoms with Gasteiger partial charge in [0.1, 0.15) is 0 Å². The smallest absolute Gasteiger partial charge is 0.215 e. The van der Waals surface area contributed by atoms with Gasteiger partial charge >= 0.3 is 0 Å². The van der Waals surface area contributed by atoms with E-state index in [-0.39, 0.29) is 6.10 Å². The third kappa shape index (κ3) is 4.57. The van der Waals surface area contributed by atoms with Gasteiger partial charge in [-0.1, -0.05) is 29.3 Å². The second-order valence-electron chi connectivity index (χ2n) is 7.00. The van der Waals surface area contributed by atoms with Gasteiger partial charge in [-0.15, -0.1) is 11.8 Å². The molecule has 2 heterocycles. The van der Waals surface area contributed by atoms with Crippen LogP contribution in [0.3, 0.4) is 0 Å². The zero-order chi connectivity index (χ0) is 20.4. The molecule has 0 spiro atoms. The Kier molecular flexibility index (Phi) is 6.08. The molecule has 3 aromatic rings. The van der Waals surface area contributed by atoms with Gasteiger partial charge in [0.05, 0.1) is 30.6 Å². The van der Waals surface area contributed by atoms with E-state index in [2.05, 4.69) is 11.9 Å². The average molecular weight is 450 g/mol. The van der Waals surface area contributed by atoms with Crippen LogP contribution in [-0.2, 0) is 21.8 Å². The number of nitrogens with two attached hydrogens (primary N) is 1. The number of aromatic nitrogens is 2. The minimum Gasteiger partial charge on any atom is -0.399 e. The third-order valence-electron chi connectivity index (χ3n) is 4.77. The molecule has 0 aliphatic carbocycles. The Morgan fingerprint density at radius 2 is 2.14 bits per heavy atom. The Hall–Kier alpha value is -1.70. The van der Waals surface area contributed by atoms with Gasteiger partial charge in [0, 0.05) is 39.3 Å². The number of imidazole rings is 1. The van der Waals surface area contributed by atoms with Crippen LogP contribution in [0.4, 0.5) is 5.69 Å². The summed E-state index contributed by atoms with van der Waals surface area (Å²) in [5, 5.41) is 1.08. The molecule has 8 heteroatoms. The fourth-order valence-corrected chi connectivity index (χ4v) is 4.93. The van der Waals surface area contributed by atoms with Crippen molar-refractivity contribution in [3.05, 3.63) is 76.3 Å². The molecule has 2 aromatic carbocycles. The second-order valence-corrected chi connectivity index (χ2v) is 8.90. The average Bonchev–Trinajstić information content (AvgIpc) is 3.32. The summed E-state index contributed by atoms with van der Waals surface area (Å²) in [5.41, 5.74) is 8.53. The molecular weight excluding hydrogens is 429 g/mol. The van der Waals surface area contributed by atoms with Gasteiger partial charge in [-0.05, 0) is 42.8 Å². The number of aryl methyl sites for hydroxylation is 1. The fraction of sp³-hybridized carbons (Fsp3) is 0.286. The highest BCUT2D eigenvalue weighted by Crippen LogP contribution is 2.41. The number of nitrogens with zero attached hydrogens (tertiary/aromatic N) is 2. The number of hydrogen-bond acceptors (Lipinski definition) is 5. The van der Waals surface area contributed by atoms with E-state index in [1.807, 2.05) is 35.0 Å². The minimum atomic E-state index is -0.996. The van der Waals surface area contributed by atoms with Crippen LogP contribution in [0.15, 0.2) is 60.0 Å². The van der Waals surface area contributed by atoms with Gasteiger partial charge in [-0.2, -0.15) is 0 Å². The first-order valence-electron chi connectivity index (χ1n) is 9.17. The predicted octanol–water partition coefficient (Wildman–Crippen LogP) is 5.14. The van der Waals surface area contributed by atoms with Crippen LogP contribution in [-0.4, -0.2) is 28.0 Å². The molecular formula is C21H21Cl2N3O2S. The van der Waals surface area contributed by atoms with Crippen molar-refractivity contribution in [3.8, 4) is 0 Å². The number of benzene rings is 2. The molecule has 0 radical (unpaired) electrons. The van der Waals surface area contributed by atoms with Crippen LogP contribution >= 0.6 is 35.0 Å². The lowest BCUT2D eigenvalue weighted by atomic mass is 10.1. The number of rotatable bonds is 6. The third-order valence-corrected chi connectivity index (χ3v) is 6.63. The van der Waals surface area contributed by atoms with Crippen molar-refractivity contribution in [2.45, 2.75) is 30.3 Å². The van der Waals surface area contributed by atoms with Crippen molar-refractivity contribution in [2.75, 3.05) is 18.1 Å². The van der Waals surface area contributed by atoms with Gasteiger partial charge in [-0.25, -0.2) is 4.98 Å². The van der Waals surface area contributed by atoms with Gasteiger partial charge < -0.3 is 19.8 Å². The van der Waals surface area contributed by atoms with Crippen molar-refractivity contribution in [3.63, 3.8) is 0 Å². The summed E-state index contributed by atoms with van der Waals surface area (Å²) in [7, 11) is 0. The van der Waals surface area contributed by atoms with E-state index >= 15 is 0 Å². The molecule has 0 saturated carbocycles. The minimum absolute atomic E-state index is 0.0905. The molecule has 1 aliphatic heterocycles. The van der Waals surface area contributed by atoms with E-state index in [1.54, 1.807) is 36.4 Å². The number of thioether (sulfide) groups is 1. The highest BCUT2D eigenvalue weighted by atomic mass is 35.5. The molecule has 5 nitrogen and oxygen atoms in total. The maximum Gasteiger partial charge on any atom is 0.215 e. The molecule has 1 aliphatic rings. The van der Waals surface area contributed by atoms with Gasteiger partial charge in [0.15, 0.2) is 0 Å². The van der Waals surface area contributed by atoms with Gasteiger partial charge in [0.2, 0.25) is 5.79 Å². The summed E-state index contributed by atoms with van der Waals surface area (Å²) in [4.78, 5) is 5.30. The van der Waals surface area contributed by atoms with Crippen LogP contribution in [0.1, 0.15) is 11.1 Å². The summed E-state index contributed by atoms with van der Waals surface area (Å²) < 4.78 is 14.6. The predicted molar refractivity (Wildman–Crippen MR) is 118 cm³/mol. The van der Waals surface area contributed by atoms with Crippen LogP contribution in [0.25, 0.3) is 0 Å². The Labute approximate surface area is 184 Å². The molecule has 2 unspecified atom stereocenters. The van der Waals surface area contributed by atoms with Crippen molar-refractivity contribution >= 4 is 40.7 Å². The van der Waals surface area contributed by atoms with E-state index in [1.165, 1.54) is 4.90 Å². The summed E-state index contributed by atoms with van der Waals surface area (Å²) in [6, 6.07) is 11.3. The normalized spacial score (nSPS) is 21.6. The van der Waals surface area contributed by atoms with Gasteiger partial charge in [-0.3, -0.25) is 0 Å². The number of nitrogen functional groups attached to an aromatic ring is 1. The molecule has 1 aromatic heterocycles. The van der Waals surface area contributed by atoms with Crippen LogP contribution in [0, 0.1) is 6.92 Å². The molecule has 2 N–H and O–H groups in total. The molecule has 4 rings (SSSR count). The lowest BCUT2D eigenvalue weighted by Crippen LogP contribution is -2.34. The monoisotopic (exact) mass is 449 g/mol. The zero-order valence-corrected chi connectivity index (χ0v) is 18.2. The van der Waals surface area contributed by atoms with E-state index in [0.29, 0.717) is 23.2 Å². The Balaban J connectivity index is 1.55. The maximum atomic E-state index is 6.51. The van der Waals surface area contributed by atoms with Crippen LogP contribution < -0.4 is 5.73 Å². The molecule has 0 bridgehead atoms. The van der Waals surface area contributed by atoms with Crippen molar-refractivity contribution < 1.29 is 9.47 Å². The van der Waals surface area contributed by atoms with E-state index in [9.17, 15) is 0 Å². The Morgan fingerprint density at radius 1 is 1.28 bits per heavy atom. The number of hydrogen-bond donors (Lipinski definition) is 1. The lowest BCUT2D eigenvalue weighted by molar-refractivity contribution is -0.184. The van der Waals surface area contributed by atoms with E-state index < -0.39 is 5.79 Å². The summed E-state index contributed by atoms with van der Waals surface area (Å²) in [6.45, 7) is 2.96. The quantitative estimate of drug-likeness (QED) is 0.416. The Morgan fingerprint density at radius 3 is 2.86 bits per heavy atom. The molecule has 152 valence electrons. The van der Waals surface area contributed by atoms with Crippen molar-refractivity contribution in [1.82, 2.24) is 9.55 Å². The van der Waals surface area contributed by atoms with Crippen molar-refractivity contribution in [2.24, 2.45) is 0 Å². The summed E-state index contributed by atoms with van der Waals surface area (Å²) in [5.74, 6) is -0.245. The molecule has 29 heavy (non-hydrogen) atoms. The highest BCUT2D eigenvalue weighted by Gasteiger charge is 2.45. The van der Waals surface area contributed by atoms with Gasteiger partial charge in [0.25, 0.3) is 0 Å². The zero-order valence-electron chi connectivity index (χ0n) is 15.8. The van der Waals surface area contributed by atoms with Crippen molar-refractivity contribution in [1.29, 1.82) is 0 Å². The fourth-order valence-electron chi connectivity index (χ4n) is 3.39.